The third-order valence-corrected chi connectivity index (χ3v) is 6.04. The van der Waals surface area contributed by atoms with E-state index in [0.29, 0.717) is 12.6 Å². The molecule has 1 atom stereocenters. The summed E-state index contributed by atoms with van der Waals surface area (Å²) < 4.78 is 0. The maximum atomic E-state index is 12.7. The van der Waals surface area contributed by atoms with E-state index in [1.807, 2.05) is 21.1 Å². The van der Waals surface area contributed by atoms with Gasteiger partial charge in [-0.2, -0.15) is 0 Å². The van der Waals surface area contributed by atoms with Crippen molar-refractivity contribution in [2.24, 2.45) is 10.4 Å². The first-order valence-corrected chi connectivity index (χ1v) is 9.62. The highest BCUT2D eigenvalue weighted by atomic mass is 16.2. The van der Waals surface area contributed by atoms with E-state index in [9.17, 15) is 4.79 Å². The van der Waals surface area contributed by atoms with Crippen LogP contribution in [0.2, 0.25) is 0 Å². The van der Waals surface area contributed by atoms with Crippen molar-refractivity contribution in [3.05, 3.63) is 12.2 Å². The van der Waals surface area contributed by atoms with Gasteiger partial charge in [-0.25, -0.2) is 0 Å². The quantitative estimate of drug-likeness (QED) is 0.471. The zero-order valence-corrected chi connectivity index (χ0v) is 16.0. The van der Waals surface area contributed by atoms with Crippen molar-refractivity contribution in [3.63, 3.8) is 0 Å². The molecule has 140 valence electrons. The molecule has 0 spiro atoms. The molecule has 1 saturated heterocycles. The maximum Gasteiger partial charge on any atom is 0.230 e. The lowest BCUT2D eigenvalue weighted by molar-refractivity contribution is -0.138. The van der Waals surface area contributed by atoms with Crippen molar-refractivity contribution >= 4 is 11.9 Å². The highest BCUT2D eigenvalue weighted by Crippen LogP contribution is 2.39. The van der Waals surface area contributed by atoms with Gasteiger partial charge in [0.25, 0.3) is 0 Å². The van der Waals surface area contributed by atoms with E-state index in [2.05, 4.69) is 32.3 Å². The smallest absolute Gasteiger partial charge is 0.230 e. The number of hydrogen-bond donors (Lipinski definition) is 1. The standard InChI is InChI=1S/C19H33N5O/c1-20-18(24-13-8-16(14-24)23-11-6-7-12-23)21-15-19(9-4-5-10-19)17(25)22(2)3/h6-7,16H,4-5,8-15H2,1-3H3,(H,20,21). The Morgan fingerprint density at radius 1 is 1.28 bits per heavy atom. The molecule has 1 N–H and O–H groups in total. The number of guanidine groups is 1. The predicted octanol–water partition coefficient (Wildman–Crippen LogP) is 1.16. The Labute approximate surface area is 151 Å². The van der Waals surface area contributed by atoms with Crippen LogP contribution in [0.15, 0.2) is 17.1 Å². The summed E-state index contributed by atoms with van der Waals surface area (Å²) in [7, 11) is 5.58. The Balaban J connectivity index is 1.58. The molecular weight excluding hydrogens is 314 g/mol. The average molecular weight is 348 g/mol. The topological polar surface area (TPSA) is 51.2 Å². The summed E-state index contributed by atoms with van der Waals surface area (Å²) >= 11 is 0. The Morgan fingerprint density at radius 2 is 1.96 bits per heavy atom. The molecular formula is C19H33N5O. The lowest BCUT2D eigenvalue weighted by Crippen LogP contribution is -2.50. The van der Waals surface area contributed by atoms with Gasteiger partial charge in [-0.1, -0.05) is 25.0 Å². The van der Waals surface area contributed by atoms with E-state index in [4.69, 9.17) is 0 Å². The summed E-state index contributed by atoms with van der Waals surface area (Å²) in [6.45, 7) is 4.91. The first-order valence-electron chi connectivity index (χ1n) is 9.62. The Morgan fingerprint density at radius 3 is 2.56 bits per heavy atom. The van der Waals surface area contributed by atoms with E-state index in [-0.39, 0.29) is 11.3 Å². The number of aliphatic imine (C=N–C) groups is 1. The summed E-state index contributed by atoms with van der Waals surface area (Å²) in [6.07, 6.45) is 9.95. The normalized spacial score (nSPS) is 26.4. The first-order chi connectivity index (χ1) is 12.1. The molecule has 0 aromatic heterocycles. The number of carbonyl (C=O) groups is 1. The SMILES string of the molecule is CN=C(NCC1(C(=O)N(C)C)CCCC1)N1CCC(N2CC=CC2)C1. The molecule has 0 bridgehead atoms. The highest BCUT2D eigenvalue weighted by Gasteiger charge is 2.42. The van der Waals surface area contributed by atoms with Crippen LogP contribution >= 0.6 is 0 Å². The van der Waals surface area contributed by atoms with Gasteiger partial charge in [0.15, 0.2) is 5.96 Å². The monoisotopic (exact) mass is 347 g/mol. The molecule has 25 heavy (non-hydrogen) atoms. The van der Waals surface area contributed by atoms with Crippen LogP contribution in [0.1, 0.15) is 32.1 Å². The average Bonchev–Trinajstić information content (AvgIpc) is 3.35. The van der Waals surface area contributed by atoms with Gasteiger partial charge in [0.05, 0.1) is 5.41 Å². The summed E-state index contributed by atoms with van der Waals surface area (Å²) in [4.78, 5) is 23.9. The van der Waals surface area contributed by atoms with Crippen molar-refractivity contribution in [1.82, 2.24) is 20.0 Å². The van der Waals surface area contributed by atoms with Crippen LogP contribution in [0.4, 0.5) is 0 Å². The van der Waals surface area contributed by atoms with Gasteiger partial charge in [0.1, 0.15) is 0 Å². The Hall–Kier alpha value is -1.56. The number of carbonyl (C=O) groups excluding carboxylic acids is 1. The molecule has 2 aliphatic heterocycles. The fraction of sp³-hybridized carbons (Fsp3) is 0.789. The molecule has 3 rings (SSSR count). The second-order valence-corrected chi connectivity index (χ2v) is 7.90. The third-order valence-electron chi connectivity index (χ3n) is 6.04. The number of nitrogens with zero attached hydrogens (tertiary/aromatic N) is 4. The third kappa shape index (κ3) is 3.84. The number of amides is 1. The van der Waals surface area contributed by atoms with Crippen molar-refractivity contribution in [3.8, 4) is 0 Å². The minimum absolute atomic E-state index is 0.253. The number of rotatable bonds is 4. The Bertz CT molecular complexity index is 528. The molecule has 6 heteroatoms. The summed E-state index contributed by atoms with van der Waals surface area (Å²) in [6, 6.07) is 0.609. The number of hydrogen-bond acceptors (Lipinski definition) is 3. The van der Waals surface area contributed by atoms with Crippen LogP contribution in [0.25, 0.3) is 0 Å². The summed E-state index contributed by atoms with van der Waals surface area (Å²) in [5.41, 5.74) is -0.253. The van der Waals surface area contributed by atoms with Crippen molar-refractivity contribution in [1.29, 1.82) is 0 Å². The largest absolute Gasteiger partial charge is 0.355 e. The van der Waals surface area contributed by atoms with Gasteiger partial charge < -0.3 is 15.1 Å². The molecule has 0 aromatic carbocycles. The first kappa shape index (κ1) is 18.2. The van der Waals surface area contributed by atoms with Gasteiger partial charge in [-0.3, -0.25) is 14.7 Å². The summed E-state index contributed by atoms with van der Waals surface area (Å²) in [5.74, 6) is 1.21. The molecule has 1 unspecified atom stereocenters. The van der Waals surface area contributed by atoms with Crippen LogP contribution in [0, 0.1) is 5.41 Å². The molecule has 0 radical (unpaired) electrons. The highest BCUT2D eigenvalue weighted by molar-refractivity contribution is 5.85. The fourth-order valence-electron chi connectivity index (χ4n) is 4.60. The lowest BCUT2D eigenvalue weighted by Gasteiger charge is -2.33. The van der Waals surface area contributed by atoms with E-state index >= 15 is 0 Å². The molecule has 3 aliphatic rings. The number of nitrogens with one attached hydrogen (secondary N) is 1. The van der Waals surface area contributed by atoms with Crippen molar-refractivity contribution < 1.29 is 4.79 Å². The van der Waals surface area contributed by atoms with Crippen LogP contribution in [-0.4, -0.2) is 86.5 Å². The zero-order chi connectivity index (χ0) is 17.9. The maximum absolute atomic E-state index is 12.7. The summed E-state index contributed by atoms with van der Waals surface area (Å²) in [5, 5.41) is 3.54. The second kappa shape index (κ2) is 7.77. The van der Waals surface area contributed by atoms with Gasteiger partial charge in [0.2, 0.25) is 5.91 Å². The van der Waals surface area contributed by atoms with E-state index in [0.717, 1.165) is 57.8 Å². The van der Waals surface area contributed by atoms with E-state index < -0.39 is 0 Å². The van der Waals surface area contributed by atoms with Crippen LogP contribution in [0.5, 0.6) is 0 Å². The molecule has 6 nitrogen and oxygen atoms in total. The van der Waals surface area contributed by atoms with Crippen LogP contribution in [0.3, 0.4) is 0 Å². The molecule has 0 aromatic rings. The van der Waals surface area contributed by atoms with Crippen molar-refractivity contribution in [2.45, 2.75) is 38.1 Å². The lowest BCUT2D eigenvalue weighted by atomic mass is 9.84. The predicted molar refractivity (Wildman–Crippen MR) is 102 cm³/mol. The van der Waals surface area contributed by atoms with Gasteiger partial charge in [0, 0.05) is 59.9 Å². The van der Waals surface area contributed by atoms with Gasteiger partial charge in [-0.05, 0) is 19.3 Å². The van der Waals surface area contributed by atoms with Crippen LogP contribution in [-0.2, 0) is 4.79 Å². The molecule has 1 amide bonds. The van der Waals surface area contributed by atoms with Crippen molar-refractivity contribution in [2.75, 3.05) is 53.9 Å². The second-order valence-electron chi connectivity index (χ2n) is 7.90. The molecule has 2 fully saturated rings. The number of likely N-dealkylation sites (tertiary alicyclic amines) is 1. The minimum Gasteiger partial charge on any atom is -0.355 e. The minimum atomic E-state index is -0.253. The molecule has 1 saturated carbocycles. The van der Waals surface area contributed by atoms with E-state index in [1.54, 1.807) is 4.90 Å². The zero-order valence-electron chi connectivity index (χ0n) is 16.0. The molecule has 1 aliphatic carbocycles. The fourth-order valence-corrected chi connectivity index (χ4v) is 4.60. The molecule has 2 heterocycles. The van der Waals surface area contributed by atoms with Crippen LogP contribution < -0.4 is 5.32 Å². The Kier molecular flexibility index (Phi) is 5.67. The van der Waals surface area contributed by atoms with Gasteiger partial charge in [-0.15, -0.1) is 0 Å². The van der Waals surface area contributed by atoms with Gasteiger partial charge >= 0.3 is 0 Å². The van der Waals surface area contributed by atoms with E-state index in [1.165, 1.54) is 6.42 Å².